The average Bonchev–Trinajstić information content (AvgIpc) is 2.87. The lowest BCUT2D eigenvalue weighted by atomic mass is 10.2. The Bertz CT molecular complexity index is 998. The summed E-state index contributed by atoms with van der Waals surface area (Å²) in [6, 6.07) is 18.8. The van der Waals surface area contributed by atoms with Crippen LogP contribution in [0, 0.1) is 22.7 Å². The van der Waals surface area contributed by atoms with E-state index in [0.29, 0.717) is 35.8 Å². The van der Waals surface area contributed by atoms with Gasteiger partial charge in [-0.25, -0.2) is 0 Å². The first-order chi connectivity index (χ1) is 16.2. The molecule has 0 aliphatic carbocycles. The molecule has 0 aromatic heterocycles. The molecule has 0 bridgehead atoms. The van der Waals surface area contributed by atoms with Crippen LogP contribution in [-0.2, 0) is 0 Å². The van der Waals surface area contributed by atoms with E-state index >= 15 is 0 Å². The second-order valence-corrected chi connectivity index (χ2v) is 8.02. The maximum atomic E-state index is 9.22. The lowest BCUT2D eigenvalue weighted by molar-refractivity contribution is -0.00455. The van der Waals surface area contributed by atoms with Crippen LogP contribution in [0.2, 0.25) is 0 Å². The maximum absolute atomic E-state index is 9.22. The molecule has 0 spiro atoms. The summed E-state index contributed by atoms with van der Waals surface area (Å²) in [6.45, 7) is 5.85. The fraction of sp³-hybridized carbons (Fsp3) is 0.391. The predicted molar refractivity (Wildman–Crippen MR) is 122 cm³/mol. The summed E-state index contributed by atoms with van der Waals surface area (Å²) in [6.07, 6.45) is 2.00. The quantitative estimate of drug-likeness (QED) is 0.625. The lowest BCUT2D eigenvalue weighted by Gasteiger charge is -2.39. The van der Waals surface area contributed by atoms with Crippen LogP contribution in [0.4, 0.5) is 11.4 Å². The van der Waals surface area contributed by atoms with Crippen LogP contribution >= 0.6 is 0 Å². The fourth-order valence-corrected chi connectivity index (χ4v) is 3.89. The van der Waals surface area contributed by atoms with Crippen molar-refractivity contribution in [3.8, 4) is 12.1 Å². The van der Waals surface area contributed by atoms with Gasteiger partial charge in [0, 0.05) is 26.2 Å². The topological polar surface area (TPSA) is 110 Å². The van der Waals surface area contributed by atoms with Crippen LogP contribution in [0.1, 0.15) is 24.0 Å². The molecular weight excluding hydrogens is 416 g/mol. The standard InChI is InChI=1S/C23H26N10/c24-15-20-7-1-3-9-22(20)26-28-32-13-5-11-30(18-32)17-31-12-6-14-33(19-31)29-27-23-10-4-2-8-21(23)16-25/h1-4,7-10H,5-6,11-14,17-19H2. The Labute approximate surface area is 193 Å². The van der Waals surface area contributed by atoms with Gasteiger partial charge >= 0.3 is 0 Å². The van der Waals surface area contributed by atoms with Crippen molar-refractivity contribution in [2.24, 2.45) is 20.7 Å². The monoisotopic (exact) mass is 442 g/mol. The molecule has 4 rings (SSSR count). The molecule has 2 saturated heterocycles. The molecule has 10 heteroatoms. The van der Waals surface area contributed by atoms with Crippen molar-refractivity contribution in [1.82, 2.24) is 19.8 Å². The Balaban J connectivity index is 1.31. The first-order valence-electron chi connectivity index (χ1n) is 11.0. The molecular formula is C23H26N10. The third kappa shape index (κ3) is 6.10. The van der Waals surface area contributed by atoms with Crippen LogP contribution in [0.15, 0.2) is 69.2 Å². The molecule has 2 aromatic carbocycles. The van der Waals surface area contributed by atoms with E-state index in [1.54, 1.807) is 24.3 Å². The summed E-state index contributed by atoms with van der Waals surface area (Å²) in [5.41, 5.74) is 2.23. The molecule has 2 fully saturated rings. The van der Waals surface area contributed by atoms with E-state index in [0.717, 1.165) is 45.7 Å². The SMILES string of the molecule is N#Cc1ccccc1N=NN1CCCN(CN2CCCN(N=Nc3ccccc3C#N)C2)C1. The molecule has 0 atom stereocenters. The highest BCUT2D eigenvalue weighted by Crippen LogP contribution is 2.20. The van der Waals surface area contributed by atoms with Gasteiger partial charge in [-0.15, -0.1) is 10.2 Å². The summed E-state index contributed by atoms with van der Waals surface area (Å²) >= 11 is 0. The lowest BCUT2D eigenvalue weighted by Crippen LogP contribution is -2.51. The van der Waals surface area contributed by atoms with Crippen LogP contribution in [-0.4, -0.2) is 66.0 Å². The highest BCUT2D eigenvalue weighted by atomic mass is 15.6. The second-order valence-electron chi connectivity index (χ2n) is 8.02. The zero-order valence-corrected chi connectivity index (χ0v) is 18.5. The summed E-state index contributed by atoms with van der Waals surface area (Å²) in [5.74, 6) is 0. The Morgan fingerprint density at radius 1 is 0.667 bits per heavy atom. The van der Waals surface area contributed by atoms with Crippen LogP contribution in [0.3, 0.4) is 0 Å². The molecule has 2 aliphatic rings. The van der Waals surface area contributed by atoms with Crippen molar-refractivity contribution in [3.05, 3.63) is 59.7 Å². The predicted octanol–water partition coefficient (Wildman–Crippen LogP) is 4.02. The third-order valence-electron chi connectivity index (χ3n) is 5.51. The molecule has 0 amide bonds. The van der Waals surface area contributed by atoms with Crippen molar-refractivity contribution in [1.29, 1.82) is 10.5 Å². The van der Waals surface area contributed by atoms with Gasteiger partial charge in [0.1, 0.15) is 23.5 Å². The summed E-state index contributed by atoms with van der Waals surface area (Å²) in [4.78, 5) is 4.68. The summed E-state index contributed by atoms with van der Waals surface area (Å²) < 4.78 is 0. The Hall–Kier alpha value is -3.86. The van der Waals surface area contributed by atoms with E-state index in [4.69, 9.17) is 0 Å². The second kappa shape index (κ2) is 11.1. The number of hydrogen-bond acceptors (Lipinski definition) is 8. The number of benzene rings is 2. The first-order valence-corrected chi connectivity index (χ1v) is 11.0. The van der Waals surface area contributed by atoms with Gasteiger partial charge in [-0.1, -0.05) is 34.7 Å². The van der Waals surface area contributed by atoms with Crippen molar-refractivity contribution in [3.63, 3.8) is 0 Å². The minimum Gasteiger partial charge on any atom is -0.271 e. The fourth-order valence-electron chi connectivity index (χ4n) is 3.89. The molecule has 2 aliphatic heterocycles. The Kier molecular flexibility index (Phi) is 7.54. The van der Waals surface area contributed by atoms with E-state index < -0.39 is 0 Å². The molecule has 0 N–H and O–H groups in total. The van der Waals surface area contributed by atoms with Crippen molar-refractivity contribution in [2.45, 2.75) is 12.8 Å². The van der Waals surface area contributed by atoms with Gasteiger partial charge < -0.3 is 0 Å². The molecule has 168 valence electrons. The zero-order chi connectivity index (χ0) is 22.9. The largest absolute Gasteiger partial charge is 0.271 e. The number of hydrogen-bond donors (Lipinski definition) is 0. The smallest absolute Gasteiger partial charge is 0.105 e. The normalized spacial score (nSPS) is 18.0. The Morgan fingerprint density at radius 3 is 1.58 bits per heavy atom. The molecule has 0 unspecified atom stereocenters. The van der Waals surface area contributed by atoms with Gasteiger partial charge in [0.2, 0.25) is 0 Å². The molecule has 2 heterocycles. The summed E-state index contributed by atoms with van der Waals surface area (Å²) in [5, 5.41) is 39.7. The molecule has 0 saturated carbocycles. The van der Waals surface area contributed by atoms with Gasteiger partial charge in [0.05, 0.1) is 31.1 Å². The van der Waals surface area contributed by atoms with E-state index in [1.165, 1.54) is 0 Å². The van der Waals surface area contributed by atoms with E-state index in [9.17, 15) is 10.5 Å². The molecule has 0 radical (unpaired) electrons. The number of rotatable bonds is 6. The highest BCUT2D eigenvalue weighted by Gasteiger charge is 2.22. The highest BCUT2D eigenvalue weighted by molar-refractivity contribution is 5.52. The minimum absolute atomic E-state index is 0.523. The van der Waals surface area contributed by atoms with Gasteiger partial charge in [0.15, 0.2) is 0 Å². The van der Waals surface area contributed by atoms with E-state index in [-0.39, 0.29) is 0 Å². The average molecular weight is 443 g/mol. The molecule has 10 nitrogen and oxygen atoms in total. The van der Waals surface area contributed by atoms with Crippen LogP contribution < -0.4 is 0 Å². The minimum atomic E-state index is 0.523. The number of nitriles is 2. The van der Waals surface area contributed by atoms with Gasteiger partial charge in [0.25, 0.3) is 0 Å². The van der Waals surface area contributed by atoms with E-state index in [2.05, 4.69) is 42.6 Å². The Morgan fingerprint density at radius 2 is 1.12 bits per heavy atom. The van der Waals surface area contributed by atoms with Gasteiger partial charge in [-0.3, -0.25) is 19.8 Å². The third-order valence-corrected chi connectivity index (χ3v) is 5.51. The van der Waals surface area contributed by atoms with E-state index in [1.807, 2.05) is 34.3 Å². The zero-order valence-electron chi connectivity index (χ0n) is 18.5. The number of nitrogens with zero attached hydrogens (tertiary/aromatic N) is 10. The van der Waals surface area contributed by atoms with Gasteiger partial charge in [-0.05, 0) is 37.1 Å². The van der Waals surface area contributed by atoms with Crippen LogP contribution in [0.5, 0.6) is 0 Å². The van der Waals surface area contributed by atoms with Crippen LogP contribution in [0.25, 0.3) is 0 Å². The van der Waals surface area contributed by atoms with Crippen molar-refractivity contribution >= 4 is 11.4 Å². The van der Waals surface area contributed by atoms with Crippen molar-refractivity contribution in [2.75, 3.05) is 46.2 Å². The maximum Gasteiger partial charge on any atom is 0.105 e. The molecule has 2 aromatic rings. The van der Waals surface area contributed by atoms with Crippen molar-refractivity contribution < 1.29 is 0 Å². The first kappa shape index (κ1) is 22.3. The van der Waals surface area contributed by atoms with Gasteiger partial charge in [-0.2, -0.15) is 10.5 Å². The molecule has 33 heavy (non-hydrogen) atoms. The summed E-state index contributed by atoms with van der Waals surface area (Å²) in [7, 11) is 0.